The van der Waals surface area contributed by atoms with E-state index in [0.29, 0.717) is 10.4 Å². The van der Waals surface area contributed by atoms with E-state index in [1.807, 2.05) is 36.4 Å². The van der Waals surface area contributed by atoms with Gasteiger partial charge in [0.15, 0.2) is 0 Å². The van der Waals surface area contributed by atoms with Gasteiger partial charge < -0.3 is 0 Å². The van der Waals surface area contributed by atoms with Gasteiger partial charge in [-0.15, -0.1) is 0 Å². The monoisotopic (exact) mass is 325 g/mol. The fourth-order valence-corrected chi connectivity index (χ4v) is 3.99. The van der Waals surface area contributed by atoms with Crippen molar-refractivity contribution in [2.45, 2.75) is 24.7 Å². The zero-order chi connectivity index (χ0) is 16.3. The maximum atomic E-state index is 12.9. The molecule has 3 aromatic rings. The van der Waals surface area contributed by atoms with Gasteiger partial charge >= 0.3 is 0 Å². The molecule has 0 spiro atoms. The Balaban J connectivity index is 2.19. The minimum Gasteiger partial charge on any atom is -0.241 e. The molecule has 0 N–H and O–H groups in total. The summed E-state index contributed by atoms with van der Waals surface area (Å²) in [5.74, 6) is 0. The van der Waals surface area contributed by atoms with Crippen molar-refractivity contribution in [1.29, 1.82) is 0 Å². The highest BCUT2D eigenvalue weighted by atomic mass is 32.2. The molecule has 0 amide bonds. The lowest BCUT2D eigenvalue weighted by Gasteiger charge is -2.07. The molecule has 2 aromatic carbocycles. The van der Waals surface area contributed by atoms with Crippen molar-refractivity contribution in [3.8, 4) is 0 Å². The fourth-order valence-electron chi connectivity index (χ4n) is 2.59. The van der Waals surface area contributed by atoms with Crippen molar-refractivity contribution in [3.05, 3.63) is 72.4 Å². The zero-order valence-corrected chi connectivity index (χ0v) is 13.8. The first-order valence-electron chi connectivity index (χ1n) is 7.72. The maximum absolute atomic E-state index is 12.9. The Morgan fingerprint density at radius 2 is 1.70 bits per heavy atom. The molecule has 0 saturated heterocycles. The lowest BCUT2D eigenvalue weighted by Crippen LogP contribution is -2.11. The molecule has 0 aliphatic carbocycles. The summed E-state index contributed by atoms with van der Waals surface area (Å²) >= 11 is 0. The van der Waals surface area contributed by atoms with Crippen molar-refractivity contribution >= 4 is 27.0 Å². The molecule has 0 aliphatic heterocycles. The molecule has 118 valence electrons. The van der Waals surface area contributed by atoms with Crippen molar-refractivity contribution in [1.82, 2.24) is 3.97 Å². The number of allylic oxidation sites excluding steroid dienone is 1. The molecule has 0 unspecified atom stereocenters. The Hall–Kier alpha value is -2.33. The number of rotatable bonds is 5. The Morgan fingerprint density at radius 3 is 2.43 bits per heavy atom. The van der Waals surface area contributed by atoms with Crippen LogP contribution in [0.2, 0.25) is 0 Å². The van der Waals surface area contributed by atoms with Gasteiger partial charge in [0.25, 0.3) is 10.0 Å². The number of para-hydroxylation sites is 1. The molecule has 3 rings (SSSR count). The molecule has 0 saturated carbocycles. The van der Waals surface area contributed by atoms with Crippen LogP contribution in [0.3, 0.4) is 0 Å². The normalized spacial score (nSPS) is 12.2. The Kier molecular flexibility index (Phi) is 4.35. The summed E-state index contributed by atoms with van der Waals surface area (Å²) in [6, 6.07) is 16.1. The van der Waals surface area contributed by atoms with Crippen LogP contribution in [0.5, 0.6) is 0 Å². The van der Waals surface area contributed by atoms with Crippen molar-refractivity contribution in [2.24, 2.45) is 0 Å². The second kappa shape index (κ2) is 6.42. The SMILES string of the molecule is CCC/C=C\c1cn(S(=O)(=O)c2ccccc2)c2ccccc12. The number of benzene rings is 2. The molecule has 0 aliphatic rings. The van der Waals surface area contributed by atoms with Crippen LogP contribution in [0, 0.1) is 0 Å². The Morgan fingerprint density at radius 1 is 1.00 bits per heavy atom. The van der Waals surface area contributed by atoms with Crippen molar-refractivity contribution < 1.29 is 8.42 Å². The van der Waals surface area contributed by atoms with Gasteiger partial charge in [0.2, 0.25) is 0 Å². The van der Waals surface area contributed by atoms with Crippen LogP contribution < -0.4 is 0 Å². The fraction of sp³-hybridized carbons (Fsp3) is 0.158. The molecular formula is C19H19NO2S. The molecular weight excluding hydrogens is 306 g/mol. The van der Waals surface area contributed by atoms with Gasteiger partial charge in [-0.25, -0.2) is 12.4 Å². The first kappa shape index (κ1) is 15.6. The van der Waals surface area contributed by atoms with E-state index < -0.39 is 10.0 Å². The van der Waals surface area contributed by atoms with Gasteiger partial charge in [0.1, 0.15) is 0 Å². The number of nitrogens with zero attached hydrogens (tertiary/aromatic N) is 1. The zero-order valence-electron chi connectivity index (χ0n) is 13.0. The highest BCUT2D eigenvalue weighted by molar-refractivity contribution is 7.90. The largest absolute Gasteiger partial charge is 0.268 e. The topological polar surface area (TPSA) is 39.1 Å². The van der Waals surface area contributed by atoms with Crippen LogP contribution in [0.15, 0.2) is 71.8 Å². The van der Waals surface area contributed by atoms with E-state index in [2.05, 4.69) is 13.0 Å². The number of hydrogen-bond acceptors (Lipinski definition) is 2. The van der Waals surface area contributed by atoms with Crippen LogP contribution in [-0.2, 0) is 10.0 Å². The standard InChI is InChI=1S/C19H19NO2S/c1-2-3-5-10-16-15-20(19-14-9-8-13-18(16)19)23(21,22)17-11-6-4-7-12-17/h4-15H,2-3H2,1H3/b10-5-. The lowest BCUT2D eigenvalue weighted by atomic mass is 10.1. The summed E-state index contributed by atoms with van der Waals surface area (Å²) in [5, 5.41) is 0.944. The molecule has 0 bridgehead atoms. The summed E-state index contributed by atoms with van der Waals surface area (Å²) in [5.41, 5.74) is 1.63. The Labute approximate surface area is 136 Å². The summed E-state index contributed by atoms with van der Waals surface area (Å²) in [7, 11) is -3.59. The second-order valence-electron chi connectivity index (χ2n) is 5.41. The third-order valence-electron chi connectivity index (χ3n) is 3.76. The van der Waals surface area contributed by atoms with E-state index in [0.717, 1.165) is 23.8 Å². The molecule has 1 aromatic heterocycles. The summed E-state index contributed by atoms with van der Waals surface area (Å²) in [4.78, 5) is 0.296. The first-order chi connectivity index (χ1) is 11.1. The van der Waals surface area contributed by atoms with Gasteiger partial charge in [-0.05, 0) is 24.6 Å². The third kappa shape index (κ3) is 2.94. The second-order valence-corrected chi connectivity index (χ2v) is 7.22. The van der Waals surface area contributed by atoms with Crippen LogP contribution in [-0.4, -0.2) is 12.4 Å². The average molecular weight is 325 g/mol. The van der Waals surface area contributed by atoms with Crippen LogP contribution >= 0.6 is 0 Å². The molecule has 0 atom stereocenters. The summed E-state index contributed by atoms with van der Waals surface area (Å²) in [6.45, 7) is 2.12. The van der Waals surface area contributed by atoms with Crippen LogP contribution in [0.1, 0.15) is 25.3 Å². The minimum absolute atomic E-state index is 0.296. The molecule has 0 radical (unpaired) electrons. The van der Waals surface area contributed by atoms with Crippen LogP contribution in [0.25, 0.3) is 17.0 Å². The molecule has 3 nitrogen and oxygen atoms in total. The van der Waals surface area contributed by atoms with E-state index in [4.69, 9.17) is 0 Å². The van der Waals surface area contributed by atoms with E-state index >= 15 is 0 Å². The van der Waals surface area contributed by atoms with E-state index in [1.165, 1.54) is 3.97 Å². The molecule has 0 fully saturated rings. The van der Waals surface area contributed by atoms with Gasteiger partial charge in [-0.2, -0.15) is 0 Å². The predicted octanol–water partition coefficient (Wildman–Crippen LogP) is 4.69. The van der Waals surface area contributed by atoms with Crippen molar-refractivity contribution in [2.75, 3.05) is 0 Å². The van der Waals surface area contributed by atoms with Crippen molar-refractivity contribution in [3.63, 3.8) is 0 Å². The van der Waals surface area contributed by atoms with Gasteiger partial charge in [0.05, 0.1) is 10.4 Å². The molecule has 4 heteroatoms. The number of fused-ring (bicyclic) bond motifs is 1. The number of aromatic nitrogens is 1. The first-order valence-corrected chi connectivity index (χ1v) is 9.16. The van der Waals surface area contributed by atoms with E-state index in [9.17, 15) is 8.42 Å². The number of unbranched alkanes of at least 4 members (excludes halogenated alkanes) is 1. The van der Waals surface area contributed by atoms with Gasteiger partial charge in [-0.3, -0.25) is 0 Å². The van der Waals surface area contributed by atoms with Crippen LogP contribution in [0.4, 0.5) is 0 Å². The quantitative estimate of drug-likeness (QED) is 0.682. The minimum atomic E-state index is -3.59. The van der Waals surface area contributed by atoms with E-state index in [-0.39, 0.29) is 0 Å². The molecule has 23 heavy (non-hydrogen) atoms. The summed E-state index contributed by atoms with van der Waals surface area (Å²) < 4.78 is 27.2. The third-order valence-corrected chi connectivity index (χ3v) is 5.45. The van der Waals surface area contributed by atoms with E-state index in [1.54, 1.807) is 30.5 Å². The van der Waals surface area contributed by atoms with Gasteiger partial charge in [-0.1, -0.05) is 61.9 Å². The maximum Gasteiger partial charge on any atom is 0.268 e. The van der Waals surface area contributed by atoms with Gasteiger partial charge in [0, 0.05) is 17.1 Å². The number of hydrogen-bond donors (Lipinski definition) is 0. The highest BCUT2D eigenvalue weighted by Gasteiger charge is 2.19. The lowest BCUT2D eigenvalue weighted by molar-refractivity contribution is 0.589. The molecule has 1 heterocycles. The summed E-state index contributed by atoms with van der Waals surface area (Å²) in [6.07, 6.45) is 7.84. The smallest absolute Gasteiger partial charge is 0.241 e. The average Bonchev–Trinajstić information content (AvgIpc) is 2.96. The highest BCUT2D eigenvalue weighted by Crippen LogP contribution is 2.26. The Bertz CT molecular complexity index is 938. The predicted molar refractivity (Wildman–Crippen MR) is 94.9 cm³/mol.